The molecule has 0 bridgehead atoms. The second-order valence-electron chi connectivity index (χ2n) is 2.44. The highest BCUT2D eigenvalue weighted by molar-refractivity contribution is 5.48. The molecule has 0 amide bonds. The summed E-state index contributed by atoms with van der Waals surface area (Å²) in [4.78, 5) is 0. The van der Waals surface area contributed by atoms with E-state index in [2.05, 4.69) is 6.92 Å². The van der Waals surface area contributed by atoms with E-state index >= 15 is 0 Å². The molecule has 1 aromatic rings. The van der Waals surface area contributed by atoms with Gasteiger partial charge in [0.25, 0.3) is 0 Å². The average Bonchev–Trinajstić information content (AvgIpc) is 2.06. The average molecular weight is 149 g/mol. The zero-order valence-corrected chi connectivity index (χ0v) is 6.17. The zero-order chi connectivity index (χ0) is 7.68. The van der Waals surface area contributed by atoms with Gasteiger partial charge in [0.05, 0.1) is 0 Å². The van der Waals surface area contributed by atoms with Crippen LogP contribution in [0.3, 0.4) is 0 Å². The summed E-state index contributed by atoms with van der Waals surface area (Å²) in [6, 6.07) is 5.71. The van der Waals surface area contributed by atoms with Crippen molar-refractivity contribution in [3.63, 3.8) is 0 Å². The van der Waals surface area contributed by atoms with Gasteiger partial charge in [0.1, 0.15) is 13.2 Å². The number of para-hydroxylation sites is 1. The van der Waals surface area contributed by atoms with E-state index in [0.717, 1.165) is 17.1 Å². The minimum absolute atomic E-state index is 0.625. The van der Waals surface area contributed by atoms with Crippen LogP contribution in [0.25, 0.3) is 0 Å². The summed E-state index contributed by atoms with van der Waals surface area (Å²) in [6.07, 6.45) is 0. The Balaban J connectivity index is 2.49. The Bertz CT molecular complexity index is 268. The van der Waals surface area contributed by atoms with E-state index in [1.54, 1.807) is 0 Å². The Kier molecular flexibility index (Phi) is 1.46. The van der Waals surface area contributed by atoms with Gasteiger partial charge in [-0.15, -0.1) is 0 Å². The van der Waals surface area contributed by atoms with Crippen LogP contribution in [0, 0.1) is 6.92 Å². The Morgan fingerprint density at radius 1 is 1.18 bits per heavy atom. The normalized spacial score (nSPS) is 14.6. The van der Waals surface area contributed by atoms with Crippen LogP contribution in [0.15, 0.2) is 18.2 Å². The first-order valence-electron chi connectivity index (χ1n) is 3.58. The van der Waals surface area contributed by atoms with Crippen molar-refractivity contribution in [1.29, 1.82) is 0 Å². The molecule has 2 rings (SSSR count). The summed E-state index contributed by atoms with van der Waals surface area (Å²) in [6.45, 7) is 5.09. The minimum atomic E-state index is 0.625. The van der Waals surface area contributed by atoms with Crippen molar-refractivity contribution in [2.75, 3.05) is 13.2 Å². The van der Waals surface area contributed by atoms with E-state index in [1.165, 1.54) is 0 Å². The Morgan fingerprint density at radius 3 is 2.82 bits per heavy atom. The monoisotopic (exact) mass is 149 g/mol. The maximum Gasteiger partial charge on any atom is 0.164 e. The molecule has 0 saturated heterocycles. The van der Waals surface area contributed by atoms with Gasteiger partial charge in [0, 0.05) is 0 Å². The highest BCUT2D eigenvalue weighted by atomic mass is 16.6. The molecule has 0 unspecified atom stereocenters. The summed E-state index contributed by atoms with van der Waals surface area (Å²) >= 11 is 0. The highest BCUT2D eigenvalue weighted by Gasteiger charge is 2.11. The molecule has 11 heavy (non-hydrogen) atoms. The predicted octanol–water partition coefficient (Wildman–Crippen LogP) is 1.64. The summed E-state index contributed by atoms with van der Waals surface area (Å²) in [7, 11) is 0. The number of hydrogen-bond donors (Lipinski definition) is 0. The van der Waals surface area contributed by atoms with Gasteiger partial charge in [0.15, 0.2) is 11.5 Å². The Hall–Kier alpha value is -1.18. The zero-order valence-electron chi connectivity index (χ0n) is 6.17. The molecule has 0 saturated carbocycles. The van der Waals surface area contributed by atoms with Gasteiger partial charge in [-0.25, -0.2) is 0 Å². The van der Waals surface area contributed by atoms with Crippen molar-refractivity contribution in [3.05, 3.63) is 30.7 Å². The molecule has 2 heteroatoms. The molecular weight excluding hydrogens is 140 g/mol. The van der Waals surface area contributed by atoms with Gasteiger partial charge in [0.2, 0.25) is 0 Å². The second-order valence-corrected chi connectivity index (χ2v) is 2.44. The van der Waals surface area contributed by atoms with Crippen LogP contribution in [0.4, 0.5) is 0 Å². The van der Waals surface area contributed by atoms with Gasteiger partial charge in [-0.05, 0) is 18.6 Å². The first-order valence-corrected chi connectivity index (χ1v) is 3.58. The lowest BCUT2D eigenvalue weighted by Gasteiger charge is -2.19. The van der Waals surface area contributed by atoms with E-state index < -0.39 is 0 Å². The first kappa shape index (κ1) is 6.53. The first-order chi connectivity index (χ1) is 5.38. The van der Waals surface area contributed by atoms with Crippen LogP contribution in [0.1, 0.15) is 5.56 Å². The number of ether oxygens (including phenoxy) is 2. The van der Waals surface area contributed by atoms with Crippen LogP contribution < -0.4 is 9.47 Å². The molecule has 1 heterocycles. The van der Waals surface area contributed by atoms with Gasteiger partial charge in [-0.2, -0.15) is 0 Å². The van der Waals surface area contributed by atoms with Crippen LogP contribution in [-0.2, 0) is 0 Å². The van der Waals surface area contributed by atoms with Crippen LogP contribution in [0.5, 0.6) is 11.5 Å². The van der Waals surface area contributed by atoms with E-state index in [4.69, 9.17) is 9.47 Å². The number of rotatable bonds is 0. The molecule has 0 spiro atoms. The fourth-order valence-corrected chi connectivity index (χ4v) is 1.13. The van der Waals surface area contributed by atoms with Gasteiger partial charge in [-0.3, -0.25) is 0 Å². The van der Waals surface area contributed by atoms with Crippen LogP contribution in [0.2, 0.25) is 0 Å². The molecule has 1 aromatic carbocycles. The Labute approximate surface area is 65.7 Å². The van der Waals surface area contributed by atoms with Crippen molar-refractivity contribution in [2.45, 2.75) is 0 Å². The summed E-state index contributed by atoms with van der Waals surface area (Å²) in [5, 5.41) is 0. The fourth-order valence-electron chi connectivity index (χ4n) is 1.13. The lowest BCUT2D eigenvalue weighted by Crippen LogP contribution is -2.15. The number of hydrogen-bond acceptors (Lipinski definition) is 2. The molecule has 2 nitrogen and oxygen atoms in total. The molecule has 1 radical (unpaired) electrons. The third-order valence-corrected chi connectivity index (χ3v) is 1.65. The van der Waals surface area contributed by atoms with Crippen molar-refractivity contribution in [1.82, 2.24) is 0 Å². The van der Waals surface area contributed by atoms with Crippen LogP contribution >= 0.6 is 0 Å². The van der Waals surface area contributed by atoms with Crippen LogP contribution in [-0.4, -0.2) is 13.2 Å². The largest absolute Gasteiger partial charge is 0.486 e. The smallest absolute Gasteiger partial charge is 0.164 e. The molecule has 1 aliphatic rings. The SMILES string of the molecule is [CH2]c1cccc2c1OCCO2. The van der Waals surface area contributed by atoms with Gasteiger partial charge >= 0.3 is 0 Å². The summed E-state index contributed by atoms with van der Waals surface area (Å²) in [5.41, 5.74) is 0.891. The summed E-state index contributed by atoms with van der Waals surface area (Å²) < 4.78 is 10.7. The standard InChI is InChI=1S/C9H9O2/c1-7-3-2-4-8-9(7)11-6-5-10-8/h2-4H,1,5-6H2. The van der Waals surface area contributed by atoms with E-state index in [1.807, 2.05) is 18.2 Å². The maximum absolute atomic E-state index is 5.37. The lowest BCUT2D eigenvalue weighted by molar-refractivity contribution is 0.171. The minimum Gasteiger partial charge on any atom is -0.486 e. The van der Waals surface area contributed by atoms with Crippen molar-refractivity contribution >= 4 is 0 Å². The maximum atomic E-state index is 5.37. The third kappa shape index (κ3) is 1.04. The number of fused-ring (bicyclic) bond motifs is 1. The van der Waals surface area contributed by atoms with E-state index in [0.29, 0.717) is 13.2 Å². The lowest BCUT2D eigenvalue weighted by atomic mass is 10.2. The molecule has 0 aliphatic carbocycles. The van der Waals surface area contributed by atoms with Crippen molar-refractivity contribution in [3.8, 4) is 11.5 Å². The molecule has 0 fully saturated rings. The molecular formula is C9H9O2. The molecule has 1 aliphatic heterocycles. The third-order valence-electron chi connectivity index (χ3n) is 1.65. The predicted molar refractivity (Wildman–Crippen MR) is 41.9 cm³/mol. The quantitative estimate of drug-likeness (QED) is 0.558. The van der Waals surface area contributed by atoms with Crippen molar-refractivity contribution in [2.24, 2.45) is 0 Å². The molecule has 0 N–H and O–H groups in total. The molecule has 0 atom stereocenters. The van der Waals surface area contributed by atoms with E-state index in [-0.39, 0.29) is 0 Å². The highest BCUT2D eigenvalue weighted by Crippen LogP contribution is 2.32. The Morgan fingerprint density at radius 2 is 2.00 bits per heavy atom. The molecule has 57 valence electrons. The fraction of sp³-hybridized carbons (Fsp3) is 0.222. The van der Waals surface area contributed by atoms with Gasteiger partial charge < -0.3 is 9.47 Å². The summed E-state index contributed by atoms with van der Waals surface area (Å²) in [5.74, 6) is 1.60. The van der Waals surface area contributed by atoms with E-state index in [9.17, 15) is 0 Å². The van der Waals surface area contributed by atoms with Gasteiger partial charge in [-0.1, -0.05) is 12.1 Å². The topological polar surface area (TPSA) is 18.5 Å². The number of benzene rings is 1. The molecule has 0 aromatic heterocycles. The van der Waals surface area contributed by atoms with Crippen molar-refractivity contribution < 1.29 is 9.47 Å². The second kappa shape index (κ2) is 2.46.